The van der Waals surface area contributed by atoms with Crippen LogP contribution in [-0.4, -0.2) is 11.1 Å². The number of carbonyl (C=O) groups is 1. The first kappa shape index (κ1) is 7.65. The molecule has 0 aromatic carbocycles. The quantitative estimate of drug-likeness (QED) is 0.632. The molecule has 0 unspecified atom stereocenters. The van der Waals surface area contributed by atoms with Crippen molar-refractivity contribution in [2.75, 3.05) is 0 Å². The molecule has 0 spiro atoms. The number of hydroxylamine groups is 1. The van der Waals surface area contributed by atoms with E-state index in [1.54, 1.807) is 12.3 Å². The molecule has 1 aliphatic rings. The minimum atomic E-state index is -0.786. The van der Waals surface area contributed by atoms with Gasteiger partial charge in [0.2, 0.25) is 0 Å². The summed E-state index contributed by atoms with van der Waals surface area (Å²) in [6.45, 7) is 0. The number of nitrogens with one attached hydrogen (secondary N) is 1. The molecular weight excluding hydrogens is 146 g/mol. The molecule has 11 heavy (non-hydrogen) atoms. The number of carboxylic acid groups (broad SMARTS) is 1. The summed E-state index contributed by atoms with van der Waals surface area (Å²) in [5.41, 5.74) is 3.45. The van der Waals surface area contributed by atoms with Crippen molar-refractivity contribution >= 4 is 5.97 Å². The van der Waals surface area contributed by atoms with Crippen LogP contribution in [0.3, 0.4) is 0 Å². The third-order valence-electron chi connectivity index (χ3n) is 1.29. The SMILES string of the molecule is O=C(O)CCC1=CNOC=C1. The van der Waals surface area contributed by atoms with E-state index >= 15 is 0 Å². The van der Waals surface area contributed by atoms with Crippen molar-refractivity contribution in [2.24, 2.45) is 0 Å². The Morgan fingerprint density at radius 3 is 3.09 bits per heavy atom. The fraction of sp³-hybridized carbons (Fsp3) is 0.286. The molecule has 4 heteroatoms. The van der Waals surface area contributed by atoms with E-state index in [0.29, 0.717) is 6.42 Å². The molecule has 0 fully saturated rings. The van der Waals surface area contributed by atoms with Crippen molar-refractivity contribution < 1.29 is 14.7 Å². The second-order valence-corrected chi connectivity index (χ2v) is 2.15. The molecule has 0 bridgehead atoms. The molecule has 60 valence electrons. The lowest BCUT2D eigenvalue weighted by molar-refractivity contribution is -0.136. The second kappa shape index (κ2) is 3.65. The Morgan fingerprint density at radius 1 is 1.73 bits per heavy atom. The Bertz CT molecular complexity index is 208. The predicted octanol–water partition coefficient (Wildman–Crippen LogP) is 0.784. The molecule has 1 aliphatic heterocycles. The second-order valence-electron chi connectivity index (χ2n) is 2.15. The first-order valence-corrected chi connectivity index (χ1v) is 3.27. The standard InChI is InChI=1S/C7H9NO3/c9-7(10)2-1-6-3-4-11-8-5-6/h3-5,8H,1-2H2,(H,9,10). The van der Waals surface area contributed by atoms with Gasteiger partial charge in [-0.2, -0.15) is 0 Å². The highest BCUT2D eigenvalue weighted by atomic mass is 16.6. The van der Waals surface area contributed by atoms with Crippen molar-refractivity contribution in [3.63, 3.8) is 0 Å². The molecule has 0 aliphatic carbocycles. The lowest BCUT2D eigenvalue weighted by Gasteiger charge is -2.06. The van der Waals surface area contributed by atoms with E-state index in [9.17, 15) is 4.79 Å². The number of allylic oxidation sites excluding steroid dienone is 2. The Morgan fingerprint density at radius 2 is 2.55 bits per heavy atom. The summed E-state index contributed by atoms with van der Waals surface area (Å²) in [4.78, 5) is 14.8. The third kappa shape index (κ3) is 2.75. The van der Waals surface area contributed by atoms with Gasteiger partial charge in [0.25, 0.3) is 0 Å². The Kier molecular flexibility index (Phi) is 2.54. The highest BCUT2D eigenvalue weighted by Crippen LogP contribution is 2.07. The van der Waals surface area contributed by atoms with Crippen LogP contribution in [0.2, 0.25) is 0 Å². The first-order chi connectivity index (χ1) is 5.29. The molecule has 2 N–H and O–H groups in total. The summed E-state index contributed by atoms with van der Waals surface area (Å²) < 4.78 is 0. The summed E-state index contributed by atoms with van der Waals surface area (Å²) in [5, 5.41) is 8.34. The molecule has 1 heterocycles. The van der Waals surface area contributed by atoms with Crippen LogP contribution in [0.1, 0.15) is 12.8 Å². The van der Waals surface area contributed by atoms with Crippen molar-refractivity contribution in [3.8, 4) is 0 Å². The molecule has 0 saturated carbocycles. The molecule has 0 amide bonds. The highest BCUT2D eigenvalue weighted by molar-refractivity contribution is 5.67. The van der Waals surface area contributed by atoms with Crippen LogP contribution in [0.15, 0.2) is 24.1 Å². The van der Waals surface area contributed by atoms with E-state index in [0.717, 1.165) is 5.57 Å². The summed E-state index contributed by atoms with van der Waals surface area (Å²) in [6, 6.07) is 0. The highest BCUT2D eigenvalue weighted by Gasteiger charge is 2.00. The fourth-order valence-corrected chi connectivity index (χ4v) is 0.725. The van der Waals surface area contributed by atoms with Crippen molar-refractivity contribution in [3.05, 3.63) is 24.1 Å². The zero-order chi connectivity index (χ0) is 8.10. The molecule has 1 rings (SSSR count). The normalized spacial score (nSPS) is 14.7. The summed E-state index contributed by atoms with van der Waals surface area (Å²) in [5.74, 6) is -0.786. The Balaban J connectivity index is 2.31. The number of rotatable bonds is 3. The molecule has 0 saturated heterocycles. The van der Waals surface area contributed by atoms with E-state index in [1.165, 1.54) is 6.26 Å². The lowest BCUT2D eigenvalue weighted by atomic mass is 10.1. The van der Waals surface area contributed by atoms with Gasteiger partial charge in [0.15, 0.2) is 0 Å². The zero-order valence-electron chi connectivity index (χ0n) is 5.91. The maximum atomic E-state index is 10.1. The van der Waals surface area contributed by atoms with Gasteiger partial charge in [-0.1, -0.05) is 0 Å². The van der Waals surface area contributed by atoms with E-state index in [2.05, 4.69) is 10.3 Å². The Hall–Kier alpha value is -1.45. The number of aliphatic carboxylic acids is 1. The topological polar surface area (TPSA) is 58.6 Å². The van der Waals surface area contributed by atoms with Crippen LogP contribution in [0, 0.1) is 0 Å². The van der Waals surface area contributed by atoms with Gasteiger partial charge in [0.05, 0.1) is 0 Å². The van der Waals surface area contributed by atoms with Gasteiger partial charge in [-0.15, -0.1) is 0 Å². The van der Waals surface area contributed by atoms with E-state index in [-0.39, 0.29) is 6.42 Å². The minimum Gasteiger partial charge on any atom is -0.481 e. The van der Waals surface area contributed by atoms with Crippen LogP contribution >= 0.6 is 0 Å². The number of hydrogen-bond donors (Lipinski definition) is 2. The summed E-state index contributed by atoms with van der Waals surface area (Å²) in [6.07, 6.45) is 5.54. The summed E-state index contributed by atoms with van der Waals surface area (Å²) in [7, 11) is 0. The van der Waals surface area contributed by atoms with Crippen LogP contribution in [0.25, 0.3) is 0 Å². The van der Waals surface area contributed by atoms with E-state index in [4.69, 9.17) is 5.11 Å². The largest absolute Gasteiger partial charge is 0.481 e. The Labute approximate surface area is 64.1 Å². The first-order valence-electron chi connectivity index (χ1n) is 3.27. The van der Waals surface area contributed by atoms with Gasteiger partial charge in [-0.3, -0.25) is 4.79 Å². The van der Waals surface area contributed by atoms with Crippen LogP contribution in [-0.2, 0) is 9.63 Å². The van der Waals surface area contributed by atoms with Gasteiger partial charge >= 0.3 is 5.97 Å². The van der Waals surface area contributed by atoms with E-state index < -0.39 is 5.97 Å². The lowest BCUT2D eigenvalue weighted by Crippen LogP contribution is -2.07. The van der Waals surface area contributed by atoms with Crippen LogP contribution < -0.4 is 5.48 Å². The van der Waals surface area contributed by atoms with Crippen molar-refractivity contribution in [2.45, 2.75) is 12.8 Å². The third-order valence-corrected chi connectivity index (χ3v) is 1.29. The van der Waals surface area contributed by atoms with Gasteiger partial charge in [-0.05, 0) is 18.1 Å². The smallest absolute Gasteiger partial charge is 0.303 e. The average molecular weight is 155 g/mol. The van der Waals surface area contributed by atoms with Gasteiger partial charge in [-0.25, -0.2) is 5.48 Å². The fourth-order valence-electron chi connectivity index (χ4n) is 0.725. The molecule has 0 aromatic heterocycles. The molecule has 0 atom stereocenters. The molecule has 0 aromatic rings. The van der Waals surface area contributed by atoms with Crippen LogP contribution in [0.5, 0.6) is 0 Å². The summed E-state index contributed by atoms with van der Waals surface area (Å²) >= 11 is 0. The molecule has 0 radical (unpaired) electrons. The minimum absolute atomic E-state index is 0.151. The van der Waals surface area contributed by atoms with Gasteiger partial charge in [0, 0.05) is 12.6 Å². The zero-order valence-corrected chi connectivity index (χ0v) is 5.91. The predicted molar refractivity (Wildman–Crippen MR) is 38.3 cm³/mol. The molecule has 4 nitrogen and oxygen atoms in total. The van der Waals surface area contributed by atoms with Gasteiger partial charge < -0.3 is 9.94 Å². The van der Waals surface area contributed by atoms with Crippen molar-refractivity contribution in [1.82, 2.24) is 5.48 Å². The number of carboxylic acids is 1. The monoisotopic (exact) mass is 155 g/mol. The average Bonchev–Trinajstić information content (AvgIpc) is 2.03. The maximum Gasteiger partial charge on any atom is 0.303 e. The number of hydrogen-bond acceptors (Lipinski definition) is 3. The van der Waals surface area contributed by atoms with E-state index in [1.807, 2.05) is 0 Å². The maximum absolute atomic E-state index is 10.1. The van der Waals surface area contributed by atoms with Crippen molar-refractivity contribution in [1.29, 1.82) is 0 Å². The van der Waals surface area contributed by atoms with Crippen LogP contribution in [0.4, 0.5) is 0 Å². The van der Waals surface area contributed by atoms with Gasteiger partial charge in [0.1, 0.15) is 6.26 Å². The molecular formula is C7H9NO3.